The SMILES string of the molecule is C/C=C(\NC(=O)C1CC1(C)C(C)C)C(=O)O. The summed E-state index contributed by atoms with van der Waals surface area (Å²) in [6.45, 7) is 7.83. The van der Waals surface area contributed by atoms with Gasteiger partial charge in [-0.05, 0) is 24.7 Å². The minimum Gasteiger partial charge on any atom is -0.477 e. The Morgan fingerprint density at radius 2 is 2.06 bits per heavy atom. The zero-order valence-electron chi connectivity index (χ0n) is 10.2. The Labute approximate surface area is 95.7 Å². The predicted octanol–water partition coefficient (Wildman–Crippen LogP) is 1.77. The first kappa shape index (κ1) is 12.7. The first-order chi connectivity index (χ1) is 7.32. The molecule has 0 aliphatic heterocycles. The second kappa shape index (κ2) is 4.28. The molecule has 90 valence electrons. The molecule has 0 heterocycles. The summed E-state index contributed by atoms with van der Waals surface area (Å²) in [7, 11) is 0. The van der Waals surface area contributed by atoms with Gasteiger partial charge >= 0.3 is 5.97 Å². The van der Waals surface area contributed by atoms with Gasteiger partial charge in [-0.25, -0.2) is 4.79 Å². The number of allylic oxidation sites excluding steroid dienone is 1. The Morgan fingerprint density at radius 3 is 2.38 bits per heavy atom. The van der Waals surface area contributed by atoms with Crippen molar-refractivity contribution in [3.63, 3.8) is 0 Å². The third kappa shape index (κ3) is 2.26. The molecule has 0 aromatic heterocycles. The van der Waals surface area contributed by atoms with Crippen LogP contribution in [0.1, 0.15) is 34.1 Å². The Bertz CT molecular complexity index is 346. The maximum atomic E-state index is 11.8. The molecule has 1 rings (SSSR count). The van der Waals surface area contributed by atoms with Gasteiger partial charge in [0.25, 0.3) is 0 Å². The fourth-order valence-electron chi connectivity index (χ4n) is 1.88. The lowest BCUT2D eigenvalue weighted by Crippen LogP contribution is -2.30. The van der Waals surface area contributed by atoms with E-state index in [4.69, 9.17) is 5.11 Å². The standard InChI is InChI=1S/C12H19NO3/c1-5-9(11(15)16)13-10(14)8-6-12(8,4)7(2)3/h5,7-8H,6H2,1-4H3,(H,13,14)(H,15,16)/b9-5-. The largest absolute Gasteiger partial charge is 0.477 e. The van der Waals surface area contributed by atoms with Gasteiger partial charge in [-0.15, -0.1) is 0 Å². The van der Waals surface area contributed by atoms with Gasteiger partial charge in [-0.1, -0.05) is 26.8 Å². The summed E-state index contributed by atoms with van der Waals surface area (Å²) in [6, 6.07) is 0. The number of rotatable bonds is 4. The lowest BCUT2D eigenvalue weighted by Gasteiger charge is -2.15. The second-order valence-electron chi connectivity index (χ2n) is 4.91. The monoisotopic (exact) mass is 225 g/mol. The molecule has 1 fully saturated rings. The molecule has 1 aliphatic carbocycles. The first-order valence-electron chi connectivity index (χ1n) is 5.53. The van der Waals surface area contributed by atoms with Crippen LogP contribution in [0.5, 0.6) is 0 Å². The number of carboxylic acids is 1. The molecule has 0 radical (unpaired) electrons. The molecule has 0 aromatic rings. The van der Waals surface area contributed by atoms with E-state index < -0.39 is 5.97 Å². The average molecular weight is 225 g/mol. The van der Waals surface area contributed by atoms with Gasteiger partial charge in [0.15, 0.2) is 0 Å². The predicted molar refractivity (Wildman–Crippen MR) is 60.6 cm³/mol. The molecule has 1 aliphatic rings. The number of aliphatic carboxylic acids is 1. The molecule has 1 amide bonds. The Hall–Kier alpha value is -1.32. The molecule has 1 saturated carbocycles. The van der Waals surface area contributed by atoms with E-state index >= 15 is 0 Å². The molecular formula is C12H19NO3. The highest BCUT2D eigenvalue weighted by Gasteiger charge is 2.56. The highest BCUT2D eigenvalue weighted by atomic mass is 16.4. The average Bonchev–Trinajstić information content (AvgIpc) is 2.88. The van der Waals surface area contributed by atoms with Crippen LogP contribution in [0.15, 0.2) is 11.8 Å². The van der Waals surface area contributed by atoms with Gasteiger partial charge < -0.3 is 10.4 Å². The van der Waals surface area contributed by atoms with Crippen LogP contribution in [0.2, 0.25) is 0 Å². The lowest BCUT2D eigenvalue weighted by atomic mass is 9.92. The molecule has 2 atom stereocenters. The minimum absolute atomic E-state index is 0.0292. The second-order valence-corrected chi connectivity index (χ2v) is 4.91. The van der Waals surface area contributed by atoms with E-state index in [1.807, 2.05) is 0 Å². The van der Waals surface area contributed by atoms with Crippen molar-refractivity contribution in [3.8, 4) is 0 Å². The number of hydrogen-bond donors (Lipinski definition) is 2. The number of amides is 1. The number of carbonyl (C=O) groups is 2. The summed E-state index contributed by atoms with van der Waals surface area (Å²) < 4.78 is 0. The molecule has 2 N–H and O–H groups in total. The summed E-state index contributed by atoms with van der Waals surface area (Å²) in [4.78, 5) is 22.5. The van der Waals surface area contributed by atoms with Crippen molar-refractivity contribution in [3.05, 3.63) is 11.8 Å². The van der Waals surface area contributed by atoms with Crippen LogP contribution in [0, 0.1) is 17.3 Å². The van der Waals surface area contributed by atoms with Crippen molar-refractivity contribution in [2.75, 3.05) is 0 Å². The van der Waals surface area contributed by atoms with Crippen LogP contribution >= 0.6 is 0 Å². The van der Waals surface area contributed by atoms with Crippen molar-refractivity contribution >= 4 is 11.9 Å². The van der Waals surface area contributed by atoms with Crippen molar-refractivity contribution in [2.24, 2.45) is 17.3 Å². The Balaban J connectivity index is 2.60. The molecule has 0 spiro atoms. The maximum absolute atomic E-state index is 11.8. The molecule has 4 nitrogen and oxygen atoms in total. The lowest BCUT2D eigenvalue weighted by molar-refractivity contribution is -0.135. The highest BCUT2D eigenvalue weighted by Crippen LogP contribution is 2.57. The van der Waals surface area contributed by atoms with Gasteiger partial charge in [-0.3, -0.25) is 4.79 Å². The fraction of sp³-hybridized carbons (Fsp3) is 0.667. The van der Waals surface area contributed by atoms with Gasteiger partial charge in [0.05, 0.1) is 0 Å². The van der Waals surface area contributed by atoms with E-state index in [0.29, 0.717) is 5.92 Å². The van der Waals surface area contributed by atoms with Gasteiger partial charge in [0.2, 0.25) is 5.91 Å². The van der Waals surface area contributed by atoms with Gasteiger partial charge in [-0.2, -0.15) is 0 Å². The van der Waals surface area contributed by atoms with Gasteiger partial charge in [0, 0.05) is 5.92 Å². The Morgan fingerprint density at radius 1 is 1.50 bits per heavy atom. The number of carboxylic acid groups (broad SMARTS) is 1. The molecule has 2 unspecified atom stereocenters. The summed E-state index contributed by atoms with van der Waals surface area (Å²) in [5.74, 6) is -0.890. The normalized spacial score (nSPS) is 29.1. The quantitative estimate of drug-likeness (QED) is 0.717. The number of carbonyl (C=O) groups excluding carboxylic acids is 1. The van der Waals surface area contributed by atoms with Crippen LogP contribution < -0.4 is 5.32 Å². The van der Waals surface area contributed by atoms with Crippen molar-refractivity contribution in [1.29, 1.82) is 0 Å². The molecule has 0 aromatic carbocycles. The number of hydrogen-bond acceptors (Lipinski definition) is 2. The van der Waals surface area contributed by atoms with Crippen LogP contribution in [0.3, 0.4) is 0 Å². The zero-order chi connectivity index (χ0) is 12.5. The molecular weight excluding hydrogens is 206 g/mol. The van der Waals surface area contributed by atoms with E-state index in [-0.39, 0.29) is 22.9 Å². The van der Waals surface area contributed by atoms with E-state index in [9.17, 15) is 9.59 Å². The van der Waals surface area contributed by atoms with Crippen LogP contribution in [-0.4, -0.2) is 17.0 Å². The summed E-state index contributed by atoms with van der Waals surface area (Å²) in [6.07, 6.45) is 2.24. The zero-order valence-corrected chi connectivity index (χ0v) is 10.2. The molecule has 4 heteroatoms. The van der Waals surface area contributed by atoms with E-state index in [1.165, 1.54) is 6.08 Å². The van der Waals surface area contributed by atoms with Crippen molar-refractivity contribution in [2.45, 2.75) is 34.1 Å². The van der Waals surface area contributed by atoms with E-state index in [1.54, 1.807) is 6.92 Å². The third-order valence-corrected chi connectivity index (χ3v) is 3.69. The number of nitrogens with one attached hydrogen (secondary N) is 1. The maximum Gasteiger partial charge on any atom is 0.352 e. The topological polar surface area (TPSA) is 66.4 Å². The van der Waals surface area contributed by atoms with E-state index in [0.717, 1.165) is 6.42 Å². The molecule has 0 saturated heterocycles. The van der Waals surface area contributed by atoms with E-state index in [2.05, 4.69) is 26.1 Å². The van der Waals surface area contributed by atoms with Crippen molar-refractivity contribution < 1.29 is 14.7 Å². The molecule has 0 bridgehead atoms. The van der Waals surface area contributed by atoms with Crippen LogP contribution in [-0.2, 0) is 9.59 Å². The Kier molecular flexibility index (Phi) is 3.41. The van der Waals surface area contributed by atoms with Gasteiger partial charge in [0.1, 0.15) is 5.70 Å². The first-order valence-corrected chi connectivity index (χ1v) is 5.53. The minimum atomic E-state index is -1.09. The summed E-state index contributed by atoms with van der Waals surface area (Å²) >= 11 is 0. The van der Waals surface area contributed by atoms with Crippen LogP contribution in [0.25, 0.3) is 0 Å². The van der Waals surface area contributed by atoms with Crippen LogP contribution in [0.4, 0.5) is 0 Å². The summed E-state index contributed by atoms with van der Waals surface area (Å²) in [5.41, 5.74) is -0.00968. The van der Waals surface area contributed by atoms with Crippen molar-refractivity contribution in [1.82, 2.24) is 5.32 Å². The fourth-order valence-corrected chi connectivity index (χ4v) is 1.88. The molecule has 16 heavy (non-hydrogen) atoms. The smallest absolute Gasteiger partial charge is 0.352 e. The third-order valence-electron chi connectivity index (χ3n) is 3.69. The highest BCUT2D eigenvalue weighted by molar-refractivity contribution is 5.94. The summed E-state index contributed by atoms with van der Waals surface area (Å²) in [5, 5.41) is 11.2.